The highest BCUT2D eigenvalue weighted by atomic mass is 32.1. The minimum absolute atomic E-state index is 0.0338. The average molecular weight is 350 g/mol. The molecule has 3 heterocycles. The van der Waals surface area contributed by atoms with Gasteiger partial charge in [0.1, 0.15) is 5.52 Å². The fourth-order valence-corrected chi connectivity index (χ4v) is 3.06. The zero-order valence-corrected chi connectivity index (χ0v) is 14.2. The van der Waals surface area contributed by atoms with E-state index < -0.39 is 5.56 Å². The van der Waals surface area contributed by atoms with E-state index in [0.29, 0.717) is 11.2 Å². The van der Waals surface area contributed by atoms with Crippen molar-refractivity contribution in [3.05, 3.63) is 58.6 Å². The Morgan fingerprint density at radius 3 is 2.64 bits per heavy atom. The van der Waals surface area contributed by atoms with Gasteiger partial charge in [0.2, 0.25) is 0 Å². The van der Waals surface area contributed by atoms with Gasteiger partial charge < -0.3 is 5.73 Å². The van der Waals surface area contributed by atoms with Gasteiger partial charge in [0.25, 0.3) is 5.56 Å². The summed E-state index contributed by atoms with van der Waals surface area (Å²) in [5.41, 5.74) is 9.35. The van der Waals surface area contributed by atoms with Gasteiger partial charge in [-0.05, 0) is 30.3 Å². The topological polar surface area (TPSA) is 91.1 Å². The first-order valence-electron chi connectivity index (χ1n) is 7.76. The number of hydrogen-bond acceptors (Lipinski definition) is 5. The van der Waals surface area contributed by atoms with Crippen LogP contribution in [0.3, 0.4) is 0 Å². The molecule has 0 aliphatic rings. The predicted molar refractivity (Wildman–Crippen MR) is 99.5 cm³/mol. The summed E-state index contributed by atoms with van der Waals surface area (Å²) in [7, 11) is 0. The van der Waals surface area contributed by atoms with Gasteiger partial charge in [-0.25, -0.2) is 4.52 Å². The Bertz CT molecular complexity index is 1180. The first kappa shape index (κ1) is 15.4. The van der Waals surface area contributed by atoms with Crippen LogP contribution in [0.4, 0.5) is 0 Å². The molecule has 0 aliphatic heterocycles. The first-order valence-corrected chi connectivity index (χ1v) is 8.17. The number of nitrogens with two attached hydrogens (primary N) is 1. The zero-order chi connectivity index (χ0) is 17.6. The summed E-state index contributed by atoms with van der Waals surface area (Å²) in [6.07, 6.45) is 2.27. The van der Waals surface area contributed by atoms with Gasteiger partial charge in [-0.3, -0.25) is 9.36 Å². The first-order chi connectivity index (χ1) is 12.1. The van der Waals surface area contributed by atoms with Crippen molar-refractivity contribution in [2.75, 3.05) is 0 Å². The lowest BCUT2D eigenvalue weighted by atomic mass is 10.0. The summed E-state index contributed by atoms with van der Waals surface area (Å²) in [5, 5.41) is 13.0. The smallest absolute Gasteiger partial charge is 0.286 e. The maximum atomic E-state index is 12.5. The van der Waals surface area contributed by atoms with Crippen molar-refractivity contribution in [3.63, 3.8) is 0 Å². The van der Waals surface area contributed by atoms with Crippen LogP contribution in [0.5, 0.6) is 0 Å². The molecule has 3 aromatic heterocycles. The molecule has 0 spiro atoms. The number of benzene rings is 1. The number of fused-ring (bicyclic) bond motifs is 3. The second kappa shape index (κ2) is 5.75. The molecule has 4 rings (SSSR count). The van der Waals surface area contributed by atoms with Crippen LogP contribution in [-0.2, 0) is 6.42 Å². The molecule has 25 heavy (non-hydrogen) atoms. The molecule has 1 aromatic carbocycles. The highest BCUT2D eigenvalue weighted by molar-refractivity contribution is 7.80. The normalized spacial score (nSPS) is 11.2. The second-order valence-corrected chi connectivity index (χ2v) is 5.96. The Morgan fingerprint density at radius 1 is 1.20 bits per heavy atom. The second-order valence-electron chi connectivity index (χ2n) is 5.54. The largest absolute Gasteiger partial charge is 0.376 e. The standard InChI is InChI=1S/C17H14N6OS/c1-2-11-13(10-6-4-3-5-7-10)15-20-19-14-12(23(15)21-11)8-9-22(16(14)24)17(18)25/h3-9H,2H2,1H3,(H2,18,25). The molecule has 0 bridgehead atoms. The number of pyridine rings is 1. The minimum Gasteiger partial charge on any atom is -0.376 e. The van der Waals surface area contributed by atoms with E-state index in [0.717, 1.165) is 23.2 Å². The molecule has 0 unspecified atom stereocenters. The monoisotopic (exact) mass is 350 g/mol. The van der Waals surface area contributed by atoms with E-state index >= 15 is 0 Å². The maximum Gasteiger partial charge on any atom is 0.286 e. The van der Waals surface area contributed by atoms with E-state index in [1.807, 2.05) is 37.3 Å². The third-order valence-electron chi connectivity index (χ3n) is 4.09. The third-order valence-corrected chi connectivity index (χ3v) is 4.28. The molecule has 7 nitrogen and oxygen atoms in total. The van der Waals surface area contributed by atoms with Crippen LogP contribution in [0.2, 0.25) is 0 Å². The number of rotatable bonds is 2. The maximum absolute atomic E-state index is 12.5. The summed E-state index contributed by atoms with van der Waals surface area (Å²) in [6, 6.07) is 11.6. The van der Waals surface area contributed by atoms with Crippen LogP contribution in [0.25, 0.3) is 27.8 Å². The number of hydrogen-bond donors (Lipinski definition) is 1. The molecule has 0 radical (unpaired) electrons. The Hall–Kier alpha value is -3.13. The number of thiocarbonyl (C=S) groups is 1. The van der Waals surface area contributed by atoms with E-state index in [2.05, 4.69) is 15.3 Å². The molecule has 124 valence electrons. The van der Waals surface area contributed by atoms with Gasteiger partial charge in [-0.15, -0.1) is 10.2 Å². The fourth-order valence-electron chi connectivity index (χ4n) is 2.91. The van der Waals surface area contributed by atoms with Gasteiger partial charge >= 0.3 is 0 Å². The van der Waals surface area contributed by atoms with Gasteiger partial charge in [0.05, 0.1) is 11.3 Å². The van der Waals surface area contributed by atoms with Gasteiger partial charge in [0.15, 0.2) is 16.3 Å². The van der Waals surface area contributed by atoms with Gasteiger partial charge in [-0.1, -0.05) is 37.3 Å². The Kier molecular flexibility index (Phi) is 3.54. The average Bonchev–Trinajstić information content (AvgIpc) is 3.01. The summed E-state index contributed by atoms with van der Waals surface area (Å²) < 4.78 is 2.83. The molecule has 0 fully saturated rings. The molecule has 0 amide bonds. The highest BCUT2D eigenvalue weighted by Gasteiger charge is 2.18. The van der Waals surface area contributed by atoms with Crippen LogP contribution in [-0.4, -0.2) is 29.5 Å². The summed E-state index contributed by atoms with van der Waals surface area (Å²) in [4.78, 5) is 12.5. The van der Waals surface area contributed by atoms with Crippen molar-refractivity contribution in [1.82, 2.24) is 24.4 Å². The number of aromatic nitrogens is 5. The van der Waals surface area contributed by atoms with Crippen LogP contribution in [0.1, 0.15) is 12.6 Å². The molecular formula is C17H14N6OS. The zero-order valence-electron chi connectivity index (χ0n) is 13.4. The van der Waals surface area contributed by atoms with Crippen molar-refractivity contribution >= 4 is 34.0 Å². The lowest BCUT2D eigenvalue weighted by Crippen LogP contribution is -2.31. The molecule has 0 saturated carbocycles. The summed E-state index contributed by atoms with van der Waals surface area (Å²) in [6.45, 7) is 2.03. The molecule has 0 atom stereocenters. The van der Waals surface area contributed by atoms with Crippen LogP contribution in [0.15, 0.2) is 47.4 Å². The molecule has 8 heteroatoms. The molecule has 2 N–H and O–H groups in total. The summed E-state index contributed by atoms with van der Waals surface area (Å²) in [5.74, 6) is 0. The van der Waals surface area contributed by atoms with E-state index in [1.54, 1.807) is 10.6 Å². The molecule has 4 aromatic rings. The van der Waals surface area contributed by atoms with Crippen molar-refractivity contribution in [1.29, 1.82) is 0 Å². The Labute approximate surface area is 147 Å². The van der Waals surface area contributed by atoms with Crippen molar-refractivity contribution < 1.29 is 0 Å². The van der Waals surface area contributed by atoms with Gasteiger partial charge in [-0.2, -0.15) is 5.10 Å². The van der Waals surface area contributed by atoms with E-state index in [1.165, 1.54) is 10.8 Å². The van der Waals surface area contributed by atoms with Gasteiger partial charge in [0, 0.05) is 6.20 Å². The van der Waals surface area contributed by atoms with Crippen molar-refractivity contribution in [3.8, 4) is 11.1 Å². The van der Waals surface area contributed by atoms with Crippen LogP contribution < -0.4 is 11.3 Å². The van der Waals surface area contributed by atoms with Crippen LogP contribution in [0, 0.1) is 0 Å². The van der Waals surface area contributed by atoms with E-state index in [-0.39, 0.29) is 10.6 Å². The molecule has 0 aliphatic carbocycles. The van der Waals surface area contributed by atoms with Crippen molar-refractivity contribution in [2.45, 2.75) is 13.3 Å². The molecular weight excluding hydrogens is 336 g/mol. The quantitative estimate of drug-likeness (QED) is 0.554. The lowest BCUT2D eigenvalue weighted by molar-refractivity contribution is 0.891. The lowest BCUT2D eigenvalue weighted by Gasteiger charge is -2.05. The molecule has 0 saturated heterocycles. The fraction of sp³-hybridized carbons (Fsp3) is 0.118. The highest BCUT2D eigenvalue weighted by Crippen LogP contribution is 2.28. The predicted octanol–water partition coefficient (Wildman–Crippen LogP) is 1.76. The van der Waals surface area contributed by atoms with Crippen molar-refractivity contribution in [2.24, 2.45) is 5.73 Å². The van der Waals surface area contributed by atoms with E-state index in [9.17, 15) is 4.79 Å². The minimum atomic E-state index is -0.408. The number of nitrogens with zero attached hydrogens (tertiary/aromatic N) is 5. The Balaban J connectivity index is 2.11. The van der Waals surface area contributed by atoms with Crippen LogP contribution >= 0.6 is 12.2 Å². The number of aryl methyl sites for hydroxylation is 1. The Morgan fingerprint density at radius 2 is 1.96 bits per heavy atom. The SMILES string of the molecule is CCc1nn2c(nnc3c(=O)n(C(N)=S)ccc32)c1-c1ccccc1. The van der Waals surface area contributed by atoms with E-state index in [4.69, 9.17) is 18.0 Å². The summed E-state index contributed by atoms with van der Waals surface area (Å²) >= 11 is 4.89. The third kappa shape index (κ3) is 2.30.